The van der Waals surface area contributed by atoms with Crippen LogP contribution >= 0.6 is 0 Å². The summed E-state index contributed by atoms with van der Waals surface area (Å²) in [7, 11) is 0. The Morgan fingerprint density at radius 2 is 1.82 bits per heavy atom. The third-order valence-electron chi connectivity index (χ3n) is 4.64. The van der Waals surface area contributed by atoms with E-state index in [1.165, 1.54) is 5.56 Å². The Hall–Kier alpha value is -2.66. The minimum atomic E-state index is -0.0672. The Morgan fingerprint density at radius 1 is 1.11 bits per heavy atom. The summed E-state index contributed by atoms with van der Waals surface area (Å²) in [4.78, 5) is 21.4. The van der Waals surface area contributed by atoms with E-state index in [1.807, 2.05) is 29.2 Å². The zero-order valence-corrected chi connectivity index (χ0v) is 17.1. The fraction of sp³-hybridized carbons (Fsp3) is 0.391. The summed E-state index contributed by atoms with van der Waals surface area (Å²) >= 11 is 0. The van der Waals surface area contributed by atoms with Crippen molar-refractivity contribution in [2.24, 2.45) is 0 Å². The molecule has 148 valence electrons. The largest absolute Gasteiger partial charge is 0.379 e. The normalized spacial score (nSPS) is 15.8. The molecule has 2 heterocycles. The van der Waals surface area contributed by atoms with Crippen LogP contribution in [0, 0.1) is 0 Å². The van der Waals surface area contributed by atoms with Gasteiger partial charge in [0.05, 0.1) is 11.3 Å². The maximum absolute atomic E-state index is 12.8. The molecule has 3 rings (SSSR count). The summed E-state index contributed by atoms with van der Waals surface area (Å²) < 4.78 is 0. The number of carbonyl (C=O) groups is 1. The second kappa shape index (κ2) is 9.02. The van der Waals surface area contributed by atoms with E-state index < -0.39 is 0 Å². The zero-order chi connectivity index (χ0) is 20.0. The van der Waals surface area contributed by atoms with Gasteiger partial charge >= 0.3 is 0 Å². The maximum atomic E-state index is 12.8. The number of aromatic nitrogens is 1. The van der Waals surface area contributed by atoms with Crippen molar-refractivity contribution in [3.63, 3.8) is 0 Å². The molecule has 1 aliphatic heterocycles. The Balaban J connectivity index is 1.51. The summed E-state index contributed by atoms with van der Waals surface area (Å²) in [6.45, 7) is 10.4. The van der Waals surface area contributed by atoms with E-state index in [0.717, 1.165) is 38.4 Å². The molecule has 28 heavy (non-hydrogen) atoms. The molecule has 1 amide bonds. The van der Waals surface area contributed by atoms with Gasteiger partial charge in [0.1, 0.15) is 0 Å². The lowest BCUT2D eigenvalue weighted by Crippen LogP contribution is -2.48. The number of hydrogen-bond acceptors (Lipinski definition) is 4. The Labute approximate surface area is 168 Å². The van der Waals surface area contributed by atoms with Crippen LogP contribution in [0.4, 0.5) is 5.69 Å². The Kier molecular flexibility index (Phi) is 6.47. The van der Waals surface area contributed by atoms with Gasteiger partial charge in [0.2, 0.25) is 0 Å². The van der Waals surface area contributed by atoms with Gasteiger partial charge in [0, 0.05) is 50.7 Å². The zero-order valence-electron chi connectivity index (χ0n) is 17.1. The quantitative estimate of drug-likeness (QED) is 0.861. The molecule has 1 aliphatic rings. The monoisotopic (exact) mass is 378 g/mol. The smallest absolute Gasteiger partial charge is 0.255 e. The molecular weight excluding hydrogens is 348 g/mol. The first kappa shape index (κ1) is 20.1. The Bertz CT molecular complexity index is 803. The van der Waals surface area contributed by atoms with E-state index in [-0.39, 0.29) is 11.4 Å². The maximum Gasteiger partial charge on any atom is 0.255 e. The van der Waals surface area contributed by atoms with E-state index in [9.17, 15) is 4.79 Å². The summed E-state index contributed by atoms with van der Waals surface area (Å²) in [6, 6.07) is 12.2. The molecule has 0 bridgehead atoms. The summed E-state index contributed by atoms with van der Waals surface area (Å²) in [6.07, 6.45) is 7.76. The SMILES string of the molecule is CC(C)(C)Nc1cncc(C(=O)N2CCN(C/C=C/c3ccccc3)CC2)c1. The van der Waals surface area contributed by atoms with Crippen LogP contribution in [0.5, 0.6) is 0 Å². The highest BCUT2D eigenvalue weighted by Gasteiger charge is 2.22. The van der Waals surface area contributed by atoms with Crippen molar-refractivity contribution in [1.82, 2.24) is 14.8 Å². The average Bonchev–Trinajstić information content (AvgIpc) is 2.68. The molecule has 1 aromatic heterocycles. The minimum Gasteiger partial charge on any atom is -0.379 e. The van der Waals surface area contributed by atoms with Crippen LogP contribution in [0.15, 0.2) is 54.9 Å². The minimum absolute atomic E-state index is 0.0598. The first-order valence-corrected chi connectivity index (χ1v) is 9.87. The number of nitrogens with zero attached hydrogens (tertiary/aromatic N) is 3. The lowest BCUT2D eigenvalue weighted by Gasteiger charge is -2.34. The molecule has 0 saturated carbocycles. The Morgan fingerprint density at radius 3 is 2.50 bits per heavy atom. The molecular formula is C23H30N4O. The van der Waals surface area contributed by atoms with Gasteiger partial charge in [-0.25, -0.2) is 0 Å². The van der Waals surface area contributed by atoms with Crippen LogP contribution in [-0.2, 0) is 0 Å². The number of hydrogen-bond donors (Lipinski definition) is 1. The van der Waals surface area contributed by atoms with Crippen molar-refractivity contribution in [1.29, 1.82) is 0 Å². The number of amides is 1. The van der Waals surface area contributed by atoms with Crippen LogP contribution in [-0.4, -0.2) is 59.0 Å². The number of rotatable bonds is 5. The molecule has 0 spiro atoms. The summed E-state index contributed by atoms with van der Waals surface area (Å²) in [5.41, 5.74) is 2.67. The van der Waals surface area contributed by atoms with E-state index in [1.54, 1.807) is 12.4 Å². The van der Waals surface area contributed by atoms with Crippen molar-refractivity contribution in [2.75, 3.05) is 38.0 Å². The molecule has 1 saturated heterocycles. The second-order valence-electron chi connectivity index (χ2n) is 8.24. The van der Waals surface area contributed by atoms with Gasteiger partial charge in [-0.2, -0.15) is 0 Å². The van der Waals surface area contributed by atoms with Gasteiger partial charge in [-0.15, -0.1) is 0 Å². The number of anilines is 1. The number of piperazine rings is 1. The molecule has 1 fully saturated rings. The first-order valence-electron chi connectivity index (χ1n) is 9.87. The van der Waals surface area contributed by atoms with Crippen molar-refractivity contribution in [3.05, 3.63) is 66.0 Å². The molecule has 0 radical (unpaired) electrons. The second-order valence-corrected chi connectivity index (χ2v) is 8.24. The third-order valence-corrected chi connectivity index (χ3v) is 4.64. The fourth-order valence-electron chi connectivity index (χ4n) is 3.28. The number of carbonyl (C=O) groups excluding carboxylic acids is 1. The first-order chi connectivity index (χ1) is 13.4. The highest BCUT2D eigenvalue weighted by atomic mass is 16.2. The van der Waals surface area contributed by atoms with Crippen molar-refractivity contribution in [2.45, 2.75) is 26.3 Å². The third kappa shape index (κ3) is 5.92. The van der Waals surface area contributed by atoms with Gasteiger partial charge in [-0.1, -0.05) is 42.5 Å². The van der Waals surface area contributed by atoms with Crippen molar-refractivity contribution >= 4 is 17.7 Å². The highest BCUT2D eigenvalue weighted by Crippen LogP contribution is 2.16. The highest BCUT2D eigenvalue weighted by molar-refractivity contribution is 5.94. The van der Waals surface area contributed by atoms with Gasteiger partial charge in [-0.3, -0.25) is 14.7 Å². The fourth-order valence-corrected chi connectivity index (χ4v) is 3.28. The lowest BCUT2D eigenvalue weighted by molar-refractivity contribution is 0.0650. The molecule has 0 atom stereocenters. The van der Waals surface area contributed by atoms with Crippen LogP contribution < -0.4 is 5.32 Å². The lowest BCUT2D eigenvalue weighted by atomic mass is 10.1. The standard InChI is InChI=1S/C23H30N4O/c1-23(2,3)25-21-16-20(17-24-18-21)22(28)27-14-12-26(13-15-27)11-7-10-19-8-5-4-6-9-19/h4-10,16-18,25H,11-15H2,1-3H3/b10-7+. The molecule has 5 heteroatoms. The van der Waals surface area contributed by atoms with Crippen molar-refractivity contribution < 1.29 is 4.79 Å². The van der Waals surface area contributed by atoms with Crippen LogP contribution in [0.25, 0.3) is 6.08 Å². The van der Waals surface area contributed by atoms with E-state index in [2.05, 4.69) is 60.3 Å². The molecule has 5 nitrogen and oxygen atoms in total. The molecule has 0 aliphatic carbocycles. The molecule has 1 N–H and O–H groups in total. The van der Waals surface area contributed by atoms with Crippen molar-refractivity contribution in [3.8, 4) is 0 Å². The summed E-state index contributed by atoms with van der Waals surface area (Å²) in [5.74, 6) is 0.0598. The topological polar surface area (TPSA) is 48.5 Å². The van der Waals surface area contributed by atoms with Crippen LogP contribution in [0.1, 0.15) is 36.7 Å². The van der Waals surface area contributed by atoms with Crippen LogP contribution in [0.3, 0.4) is 0 Å². The number of benzene rings is 1. The van der Waals surface area contributed by atoms with E-state index in [0.29, 0.717) is 5.56 Å². The average molecular weight is 379 g/mol. The van der Waals surface area contributed by atoms with Crippen LogP contribution in [0.2, 0.25) is 0 Å². The summed E-state index contributed by atoms with van der Waals surface area (Å²) in [5, 5.41) is 3.37. The molecule has 2 aromatic rings. The van der Waals surface area contributed by atoms with E-state index in [4.69, 9.17) is 0 Å². The van der Waals surface area contributed by atoms with Gasteiger partial charge in [0.25, 0.3) is 5.91 Å². The van der Waals surface area contributed by atoms with Gasteiger partial charge in [-0.05, 0) is 32.4 Å². The number of pyridine rings is 1. The predicted octanol–water partition coefficient (Wildman–Crippen LogP) is 3.76. The molecule has 0 unspecified atom stereocenters. The predicted molar refractivity (Wildman–Crippen MR) is 115 cm³/mol. The number of nitrogens with one attached hydrogen (secondary N) is 1. The van der Waals surface area contributed by atoms with Gasteiger partial charge in [0.15, 0.2) is 0 Å². The van der Waals surface area contributed by atoms with Gasteiger partial charge < -0.3 is 10.2 Å². The molecule has 1 aromatic carbocycles. The van der Waals surface area contributed by atoms with E-state index >= 15 is 0 Å².